The predicted molar refractivity (Wildman–Crippen MR) is 104 cm³/mol. The molecule has 0 saturated carbocycles. The quantitative estimate of drug-likeness (QED) is 0.517. The number of esters is 1. The van der Waals surface area contributed by atoms with E-state index in [1.807, 2.05) is 27.7 Å². The van der Waals surface area contributed by atoms with Crippen molar-refractivity contribution in [3.63, 3.8) is 0 Å². The van der Waals surface area contributed by atoms with Gasteiger partial charge in [0.05, 0.1) is 24.7 Å². The Morgan fingerprint density at radius 2 is 1.67 bits per heavy atom. The monoisotopic (exact) mass is 383 g/mol. The normalized spacial score (nSPS) is 19.8. The minimum Gasteiger partial charge on any atom is -0.469 e. The first-order chi connectivity index (χ1) is 12.2. The topological polar surface area (TPSA) is 74.3 Å². The fourth-order valence-corrected chi connectivity index (χ4v) is 2.44. The Morgan fingerprint density at radius 3 is 2.11 bits per heavy atom. The molecule has 0 unspecified atom stereocenters. The summed E-state index contributed by atoms with van der Waals surface area (Å²) >= 11 is 0. The van der Waals surface area contributed by atoms with Gasteiger partial charge in [-0.1, -0.05) is 12.1 Å². The Labute approximate surface area is 163 Å². The van der Waals surface area contributed by atoms with E-state index in [1.165, 1.54) is 12.0 Å². The van der Waals surface area contributed by atoms with Crippen molar-refractivity contribution in [1.82, 2.24) is 4.90 Å². The van der Waals surface area contributed by atoms with Crippen LogP contribution >= 0.6 is 0 Å². The van der Waals surface area contributed by atoms with Gasteiger partial charge in [-0.3, -0.25) is 4.79 Å². The average Bonchev–Trinajstić information content (AvgIpc) is 2.68. The molecule has 1 atom stereocenters. The predicted octanol–water partition coefficient (Wildman–Crippen LogP) is 3.36. The summed E-state index contributed by atoms with van der Waals surface area (Å²) < 4.78 is 22.0. The molecule has 0 aromatic rings. The van der Waals surface area contributed by atoms with E-state index in [0.717, 1.165) is 0 Å². The number of nitrogens with zero attached hydrogens (tertiary/aromatic N) is 1. The highest BCUT2D eigenvalue weighted by molar-refractivity contribution is 6.51. The number of methoxy groups -OCH3 is 1. The van der Waals surface area contributed by atoms with Crippen LogP contribution in [0.5, 0.6) is 0 Å². The average molecular weight is 383 g/mol. The third-order valence-electron chi connectivity index (χ3n) is 4.72. The summed E-state index contributed by atoms with van der Waals surface area (Å²) in [5.41, 5.74) is -1.48. The lowest BCUT2D eigenvalue weighted by Gasteiger charge is -2.32. The molecule has 0 aromatic carbocycles. The Bertz CT molecular complexity index is 551. The van der Waals surface area contributed by atoms with Crippen LogP contribution in [0.25, 0.3) is 0 Å². The number of amides is 1. The highest BCUT2D eigenvalue weighted by atomic mass is 16.7. The molecule has 8 heteroatoms. The van der Waals surface area contributed by atoms with E-state index in [9.17, 15) is 9.59 Å². The lowest BCUT2D eigenvalue weighted by molar-refractivity contribution is -0.141. The zero-order valence-electron chi connectivity index (χ0n) is 18.1. The molecule has 1 rings (SSSR count). The van der Waals surface area contributed by atoms with Crippen molar-refractivity contribution in [3.8, 4) is 0 Å². The van der Waals surface area contributed by atoms with Crippen molar-refractivity contribution in [1.29, 1.82) is 0 Å². The van der Waals surface area contributed by atoms with Gasteiger partial charge in [0.15, 0.2) is 0 Å². The number of hydrogen-bond acceptors (Lipinski definition) is 6. The minimum atomic E-state index is -0.629. The molecular formula is C19H34BNO6. The standard InChI is InChI=1S/C19H34BNO6/c1-14(13-15(22)24-9)21(16(23)25-17(2,3)4)12-10-11-20-26-18(5,6)19(7,8)27-20/h10-11,14H,12-13H2,1-9H3/b11-10+/t14-/m1/s1. The summed E-state index contributed by atoms with van der Waals surface area (Å²) in [4.78, 5) is 25.7. The first kappa shape index (κ1) is 23.5. The lowest BCUT2D eigenvalue weighted by atomic mass is 9.90. The Hall–Kier alpha value is -1.54. The van der Waals surface area contributed by atoms with E-state index in [2.05, 4.69) is 0 Å². The molecule has 154 valence electrons. The van der Waals surface area contributed by atoms with Crippen molar-refractivity contribution in [3.05, 3.63) is 12.1 Å². The number of rotatable bonds is 6. The molecule has 1 fully saturated rings. The first-order valence-corrected chi connectivity index (χ1v) is 9.27. The SMILES string of the molecule is COC(=O)C[C@@H](C)N(C/C=C/B1OC(C)(C)C(C)(C)O1)C(=O)OC(C)(C)C. The third kappa shape index (κ3) is 6.85. The van der Waals surface area contributed by atoms with Crippen LogP contribution in [-0.2, 0) is 23.6 Å². The van der Waals surface area contributed by atoms with Crippen LogP contribution in [0.15, 0.2) is 12.1 Å². The zero-order valence-corrected chi connectivity index (χ0v) is 18.1. The lowest BCUT2D eigenvalue weighted by Crippen LogP contribution is -2.43. The van der Waals surface area contributed by atoms with Crippen molar-refractivity contribution >= 4 is 19.2 Å². The Morgan fingerprint density at radius 1 is 1.15 bits per heavy atom. The van der Waals surface area contributed by atoms with Gasteiger partial charge in [-0.2, -0.15) is 0 Å². The molecule has 0 bridgehead atoms. The molecule has 1 saturated heterocycles. The molecule has 1 aliphatic heterocycles. The Kier molecular flexibility index (Phi) is 7.53. The second-order valence-corrected chi connectivity index (χ2v) is 8.81. The first-order valence-electron chi connectivity index (χ1n) is 9.27. The molecule has 27 heavy (non-hydrogen) atoms. The van der Waals surface area contributed by atoms with E-state index < -0.39 is 30.0 Å². The van der Waals surface area contributed by atoms with Crippen molar-refractivity contribution in [2.45, 2.75) is 84.7 Å². The van der Waals surface area contributed by atoms with Crippen LogP contribution in [0.2, 0.25) is 0 Å². The van der Waals surface area contributed by atoms with E-state index in [0.29, 0.717) is 0 Å². The summed E-state index contributed by atoms with van der Waals surface area (Å²) in [6.45, 7) is 15.4. The molecule has 0 aliphatic carbocycles. The molecule has 0 aromatic heterocycles. The van der Waals surface area contributed by atoms with Gasteiger partial charge in [0.25, 0.3) is 0 Å². The maximum atomic E-state index is 12.6. The highest BCUT2D eigenvalue weighted by Crippen LogP contribution is 2.36. The van der Waals surface area contributed by atoms with Crippen LogP contribution in [0, 0.1) is 0 Å². The second-order valence-electron chi connectivity index (χ2n) is 8.81. The molecule has 7 nitrogen and oxygen atoms in total. The fourth-order valence-electron chi connectivity index (χ4n) is 2.44. The number of carbonyl (C=O) groups is 2. The van der Waals surface area contributed by atoms with Crippen molar-refractivity contribution in [2.24, 2.45) is 0 Å². The summed E-state index contributed by atoms with van der Waals surface area (Å²) in [6, 6.07) is -0.379. The van der Waals surface area contributed by atoms with Gasteiger partial charge in [-0.15, -0.1) is 0 Å². The van der Waals surface area contributed by atoms with E-state index in [1.54, 1.807) is 39.7 Å². The van der Waals surface area contributed by atoms with Gasteiger partial charge < -0.3 is 23.7 Å². The van der Waals surface area contributed by atoms with Crippen LogP contribution in [0.4, 0.5) is 4.79 Å². The van der Waals surface area contributed by atoms with Crippen LogP contribution in [0.1, 0.15) is 61.8 Å². The van der Waals surface area contributed by atoms with Gasteiger partial charge in [-0.25, -0.2) is 4.79 Å². The van der Waals surface area contributed by atoms with Gasteiger partial charge in [0.2, 0.25) is 0 Å². The maximum absolute atomic E-state index is 12.6. The molecular weight excluding hydrogens is 349 g/mol. The van der Waals surface area contributed by atoms with Crippen molar-refractivity contribution < 1.29 is 28.4 Å². The number of carbonyl (C=O) groups excluding carboxylic acids is 2. The summed E-state index contributed by atoms with van der Waals surface area (Å²) in [5, 5.41) is 0. The van der Waals surface area contributed by atoms with E-state index >= 15 is 0 Å². The second kappa shape index (κ2) is 8.65. The molecule has 1 heterocycles. The third-order valence-corrected chi connectivity index (χ3v) is 4.72. The van der Waals surface area contributed by atoms with E-state index in [-0.39, 0.29) is 25.0 Å². The summed E-state index contributed by atoms with van der Waals surface area (Å²) in [5.74, 6) is 1.39. The highest BCUT2D eigenvalue weighted by Gasteiger charge is 2.50. The fraction of sp³-hybridized carbons (Fsp3) is 0.789. The maximum Gasteiger partial charge on any atom is 0.486 e. The molecule has 0 N–H and O–H groups in total. The number of hydrogen-bond donors (Lipinski definition) is 0. The van der Waals surface area contributed by atoms with Gasteiger partial charge in [-0.05, 0) is 55.4 Å². The number of ether oxygens (including phenoxy) is 2. The zero-order chi connectivity index (χ0) is 21.0. The van der Waals surface area contributed by atoms with Gasteiger partial charge >= 0.3 is 19.2 Å². The van der Waals surface area contributed by atoms with Crippen LogP contribution < -0.4 is 0 Å². The minimum absolute atomic E-state index is 0.0834. The van der Waals surface area contributed by atoms with E-state index in [4.69, 9.17) is 18.8 Å². The Balaban J connectivity index is 2.82. The molecule has 1 aliphatic rings. The molecule has 1 amide bonds. The summed E-state index contributed by atoms with van der Waals surface area (Å²) in [7, 11) is 0.830. The summed E-state index contributed by atoms with van der Waals surface area (Å²) in [6.07, 6.45) is 1.39. The molecule has 0 radical (unpaired) electrons. The largest absolute Gasteiger partial charge is 0.486 e. The van der Waals surface area contributed by atoms with Gasteiger partial charge in [0, 0.05) is 12.6 Å². The van der Waals surface area contributed by atoms with Gasteiger partial charge in [0.1, 0.15) is 5.60 Å². The smallest absolute Gasteiger partial charge is 0.469 e. The molecule has 0 spiro atoms. The van der Waals surface area contributed by atoms with Crippen molar-refractivity contribution in [2.75, 3.05) is 13.7 Å². The van der Waals surface area contributed by atoms with Crippen LogP contribution in [0.3, 0.4) is 0 Å². The van der Waals surface area contributed by atoms with Crippen LogP contribution in [-0.4, -0.2) is 60.6 Å².